The number of aliphatic hydroxyl groups excluding tert-OH is 1. The van der Waals surface area contributed by atoms with E-state index in [0.717, 1.165) is 24.8 Å². The molecule has 1 aromatic heterocycles. The van der Waals surface area contributed by atoms with E-state index in [1.807, 2.05) is 0 Å². The number of rotatable bonds is 4. The van der Waals surface area contributed by atoms with E-state index in [1.54, 1.807) is 11.3 Å². The number of hydrogen-bond acceptors (Lipinski definition) is 2. The molecule has 1 nitrogen and oxygen atoms in total. The molecule has 0 saturated heterocycles. The molecule has 0 saturated carbocycles. The van der Waals surface area contributed by atoms with E-state index in [2.05, 4.69) is 26.8 Å². The van der Waals surface area contributed by atoms with Crippen molar-refractivity contribution in [1.82, 2.24) is 0 Å². The average molecular weight is 198 g/mol. The largest absolute Gasteiger partial charge is 0.388 e. The van der Waals surface area contributed by atoms with E-state index in [9.17, 15) is 5.11 Å². The van der Waals surface area contributed by atoms with Gasteiger partial charge < -0.3 is 5.11 Å². The summed E-state index contributed by atoms with van der Waals surface area (Å²) in [5.74, 6) is 0. The quantitative estimate of drug-likeness (QED) is 0.784. The molecule has 1 rings (SSSR count). The maximum atomic E-state index is 9.85. The predicted molar refractivity (Wildman–Crippen MR) is 58.3 cm³/mol. The van der Waals surface area contributed by atoms with E-state index < -0.39 is 0 Å². The topological polar surface area (TPSA) is 20.2 Å². The summed E-state index contributed by atoms with van der Waals surface area (Å²) in [6.45, 7) is 6.33. The van der Waals surface area contributed by atoms with Crippen LogP contribution in [0.2, 0.25) is 0 Å². The Morgan fingerprint density at radius 2 is 2.15 bits per heavy atom. The summed E-state index contributed by atoms with van der Waals surface area (Å²) in [7, 11) is 0. The molecule has 1 heterocycles. The van der Waals surface area contributed by atoms with Crippen molar-refractivity contribution in [3.8, 4) is 0 Å². The van der Waals surface area contributed by atoms with Crippen molar-refractivity contribution >= 4 is 11.3 Å². The van der Waals surface area contributed by atoms with Crippen LogP contribution >= 0.6 is 11.3 Å². The minimum Gasteiger partial charge on any atom is -0.388 e. The first-order valence-electron chi connectivity index (χ1n) is 4.90. The second-order valence-electron chi connectivity index (χ2n) is 3.53. The maximum Gasteiger partial charge on any atom is 0.0800 e. The fourth-order valence-electron chi connectivity index (χ4n) is 1.53. The molecule has 0 aliphatic rings. The molecule has 0 amide bonds. The molecule has 0 spiro atoms. The SMILES string of the molecule is CCCCC(O)c1cc(C)sc1C. The maximum absolute atomic E-state index is 9.85. The van der Waals surface area contributed by atoms with Crippen LogP contribution in [0.15, 0.2) is 6.07 Å². The monoisotopic (exact) mass is 198 g/mol. The Morgan fingerprint density at radius 3 is 2.62 bits per heavy atom. The molecule has 1 atom stereocenters. The third-order valence-electron chi connectivity index (χ3n) is 2.27. The van der Waals surface area contributed by atoms with E-state index in [1.165, 1.54) is 9.75 Å². The highest BCUT2D eigenvalue weighted by atomic mass is 32.1. The highest BCUT2D eigenvalue weighted by Crippen LogP contribution is 2.28. The van der Waals surface area contributed by atoms with Gasteiger partial charge in [-0.3, -0.25) is 0 Å². The fourth-order valence-corrected chi connectivity index (χ4v) is 2.52. The van der Waals surface area contributed by atoms with Crippen molar-refractivity contribution in [3.63, 3.8) is 0 Å². The molecule has 0 aliphatic heterocycles. The summed E-state index contributed by atoms with van der Waals surface area (Å²) >= 11 is 1.77. The van der Waals surface area contributed by atoms with Gasteiger partial charge >= 0.3 is 0 Å². The minimum atomic E-state index is -0.245. The lowest BCUT2D eigenvalue weighted by Crippen LogP contribution is -1.96. The number of unbranched alkanes of at least 4 members (excludes halogenated alkanes) is 1. The van der Waals surface area contributed by atoms with Crippen LogP contribution in [0.25, 0.3) is 0 Å². The van der Waals surface area contributed by atoms with Crippen LogP contribution in [-0.2, 0) is 0 Å². The van der Waals surface area contributed by atoms with Crippen molar-refractivity contribution in [3.05, 3.63) is 21.4 Å². The Balaban J connectivity index is 2.64. The molecule has 13 heavy (non-hydrogen) atoms. The van der Waals surface area contributed by atoms with Crippen LogP contribution in [0.4, 0.5) is 0 Å². The van der Waals surface area contributed by atoms with Gasteiger partial charge in [0.2, 0.25) is 0 Å². The molecule has 0 aromatic carbocycles. The average Bonchev–Trinajstić information content (AvgIpc) is 2.41. The third-order valence-corrected chi connectivity index (χ3v) is 3.25. The molecule has 2 heteroatoms. The summed E-state index contributed by atoms with van der Waals surface area (Å²) < 4.78 is 0. The van der Waals surface area contributed by atoms with Crippen LogP contribution in [0.1, 0.15) is 47.6 Å². The highest BCUT2D eigenvalue weighted by Gasteiger charge is 2.11. The van der Waals surface area contributed by atoms with Crippen molar-refractivity contribution < 1.29 is 5.11 Å². The number of aryl methyl sites for hydroxylation is 2. The lowest BCUT2D eigenvalue weighted by atomic mass is 10.0. The lowest BCUT2D eigenvalue weighted by Gasteiger charge is -2.08. The van der Waals surface area contributed by atoms with Crippen molar-refractivity contribution in [2.45, 2.75) is 46.1 Å². The van der Waals surface area contributed by atoms with Gasteiger partial charge in [0, 0.05) is 9.75 Å². The molecule has 0 bridgehead atoms. The van der Waals surface area contributed by atoms with Gasteiger partial charge in [-0.15, -0.1) is 11.3 Å². The van der Waals surface area contributed by atoms with Crippen LogP contribution in [-0.4, -0.2) is 5.11 Å². The summed E-state index contributed by atoms with van der Waals surface area (Å²) in [5, 5.41) is 9.85. The van der Waals surface area contributed by atoms with Crippen LogP contribution in [0.5, 0.6) is 0 Å². The van der Waals surface area contributed by atoms with Gasteiger partial charge in [0.05, 0.1) is 6.10 Å². The Labute approximate surface area is 84.4 Å². The first-order chi connectivity index (χ1) is 6.15. The van der Waals surface area contributed by atoms with Crippen molar-refractivity contribution in [1.29, 1.82) is 0 Å². The molecule has 0 fully saturated rings. The Morgan fingerprint density at radius 1 is 1.46 bits per heavy atom. The smallest absolute Gasteiger partial charge is 0.0800 e. The number of thiophene rings is 1. The zero-order valence-electron chi connectivity index (χ0n) is 8.63. The summed E-state index contributed by atoms with van der Waals surface area (Å²) in [6.07, 6.45) is 2.91. The number of aliphatic hydroxyl groups is 1. The molecular formula is C11H18OS. The Hall–Kier alpha value is -0.340. The van der Waals surface area contributed by atoms with E-state index in [0.29, 0.717) is 0 Å². The molecule has 0 radical (unpaired) electrons. The van der Waals surface area contributed by atoms with Gasteiger partial charge in [-0.05, 0) is 31.9 Å². The Kier molecular flexibility index (Phi) is 3.94. The van der Waals surface area contributed by atoms with Crippen LogP contribution in [0.3, 0.4) is 0 Å². The second-order valence-corrected chi connectivity index (χ2v) is 4.99. The van der Waals surface area contributed by atoms with Gasteiger partial charge in [-0.25, -0.2) is 0 Å². The van der Waals surface area contributed by atoms with Crippen LogP contribution < -0.4 is 0 Å². The first kappa shape index (κ1) is 10.7. The van der Waals surface area contributed by atoms with E-state index >= 15 is 0 Å². The van der Waals surface area contributed by atoms with Gasteiger partial charge in [0.15, 0.2) is 0 Å². The first-order valence-corrected chi connectivity index (χ1v) is 5.71. The van der Waals surface area contributed by atoms with Crippen LogP contribution in [0, 0.1) is 13.8 Å². The fraction of sp³-hybridized carbons (Fsp3) is 0.636. The zero-order valence-corrected chi connectivity index (χ0v) is 9.45. The minimum absolute atomic E-state index is 0.245. The van der Waals surface area contributed by atoms with Gasteiger partial charge in [-0.2, -0.15) is 0 Å². The molecule has 0 aliphatic carbocycles. The third kappa shape index (κ3) is 2.82. The summed E-state index contributed by atoms with van der Waals surface area (Å²) in [4.78, 5) is 2.56. The van der Waals surface area contributed by atoms with Gasteiger partial charge in [-0.1, -0.05) is 19.8 Å². The molecule has 1 N–H and O–H groups in total. The summed E-state index contributed by atoms with van der Waals surface area (Å²) in [5.41, 5.74) is 1.14. The molecular weight excluding hydrogens is 180 g/mol. The lowest BCUT2D eigenvalue weighted by molar-refractivity contribution is 0.164. The van der Waals surface area contributed by atoms with Crippen molar-refractivity contribution in [2.24, 2.45) is 0 Å². The zero-order chi connectivity index (χ0) is 9.84. The second kappa shape index (κ2) is 4.77. The molecule has 74 valence electrons. The Bertz CT molecular complexity index is 265. The van der Waals surface area contributed by atoms with Crippen molar-refractivity contribution in [2.75, 3.05) is 0 Å². The van der Waals surface area contributed by atoms with E-state index in [-0.39, 0.29) is 6.10 Å². The van der Waals surface area contributed by atoms with E-state index in [4.69, 9.17) is 0 Å². The standard InChI is InChI=1S/C11H18OS/c1-4-5-6-11(12)10-7-8(2)13-9(10)3/h7,11-12H,4-6H2,1-3H3. The normalized spacial score (nSPS) is 13.2. The highest BCUT2D eigenvalue weighted by molar-refractivity contribution is 7.12. The summed E-state index contributed by atoms with van der Waals surface area (Å²) in [6, 6.07) is 2.11. The number of hydrogen-bond donors (Lipinski definition) is 1. The van der Waals surface area contributed by atoms with Gasteiger partial charge in [0.25, 0.3) is 0 Å². The molecule has 1 aromatic rings. The predicted octanol–water partition coefficient (Wildman–Crippen LogP) is 3.59. The van der Waals surface area contributed by atoms with Gasteiger partial charge in [0.1, 0.15) is 0 Å². The molecule has 1 unspecified atom stereocenters.